The molecule has 0 rings (SSSR count). The Morgan fingerprint density at radius 3 is 1.83 bits per heavy atom. The summed E-state index contributed by atoms with van der Waals surface area (Å²) in [5.74, 6) is 0. The number of carboxylic acid groups (broad SMARTS) is 1. The fourth-order valence-corrected chi connectivity index (χ4v) is 0. The quantitative estimate of drug-likeness (QED) is 0.428. The second-order valence-corrected chi connectivity index (χ2v) is 0.338. The van der Waals surface area contributed by atoms with Gasteiger partial charge in [0.15, 0.2) is 0 Å². The topological polar surface area (TPSA) is 87.1 Å². The van der Waals surface area contributed by atoms with Crippen LogP contribution in [0.15, 0.2) is 0 Å². The molecule has 34 valence electrons. The highest BCUT2D eigenvalue weighted by Crippen LogP contribution is 1.34. The van der Waals surface area contributed by atoms with E-state index >= 15 is 0 Å². The first-order valence-corrected chi connectivity index (χ1v) is 0.975. The predicted octanol–water partition coefficient (Wildman–Crippen LogP) is -0.237. The molecule has 0 fully saturated rings. The van der Waals surface area contributed by atoms with E-state index in [0.29, 0.717) is 0 Å². The van der Waals surface area contributed by atoms with Crippen LogP contribution in [0.5, 0.6) is 0 Å². The van der Waals surface area contributed by atoms with Crippen molar-refractivity contribution < 1.29 is 9.90 Å². The summed E-state index contributed by atoms with van der Waals surface area (Å²) < 4.78 is 0. The summed E-state index contributed by atoms with van der Waals surface area (Å²) in [5.41, 5.74) is 4.03. The number of nitriles is 1. The summed E-state index contributed by atoms with van der Waals surface area (Å²) in [6, 6.07) is 0. The Hall–Kier alpha value is -1.24. The highest BCUT2D eigenvalue weighted by Gasteiger charge is 1.65. The summed E-state index contributed by atoms with van der Waals surface area (Å²) in [4.78, 5) is 8.78. The lowest BCUT2D eigenvalue weighted by atomic mass is 11.3. The Morgan fingerprint density at radius 2 is 1.83 bits per heavy atom. The first kappa shape index (κ1) is 8.83. The van der Waals surface area contributed by atoms with E-state index in [1.165, 1.54) is 0 Å². The Labute approximate surface area is 34.8 Å². The van der Waals surface area contributed by atoms with Crippen LogP contribution in [0.1, 0.15) is 0 Å². The fourth-order valence-electron chi connectivity index (χ4n) is 0. The van der Waals surface area contributed by atoms with Gasteiger partial charge in [-0.1, -0.05) is 0 Å². The largest absolute Gasteiger partial charge is 0.465 e. The third-order valence-electron chi connectivity index (χ3n) is 0. The van der Waals surface area contributed by atoms with Gasteiger partial charge in [-0.15, -0.1) is 0 Å². The third-order valence-corrected chi connectivity index (χ3v) is 0. The number of hydrogen-bond donors (Lipinski definition) is 2. The molecular formula is C2H4N2O2. The van der Waals surface area contributed by atoms with E-state index in [1.807, 2.05) is 0 Å². The zero-order valence-electron chi connectivity index (χ0n) is 2.96. The lowest BCUT2D eigenvalue weighted by Crippen LogP contribution is -2.03. The van der Waals surface area contributed by atoms with Crippen molar-refractivity contribution in [1.29, 1.82) is 5.26 Å². The van der Waals surface area contributed by atoms with Gasteiger partial charge in [0.05, 0.1) is 0 Å². The van der Waals surface area contributed by atoms with Gasteiger partial charge < -0.3 is 10.8 Å². The molecule has 0 aliphatic carbocycles. The third kappa shape index (κ3) is 5.56. The second-order valence-electron chi connectivity index (χ2n) is 0.338. The van der Waals surface area contributed by atoms with Gasteiger partial charge in [0.25, 0.3) is 0 Å². The number of nitrogens with two attached hydrogens (primary N) is 1. The van der Waals surface area contributed by atoms with Crippen molar-refractivity contribution in [2.75, 3.05) is 0 Å². The smallest absolute Gasteiger partial charge is 0.402 e. The first-order chi connectivity index (χ1) is 2.73. The summed E-state index contributed by atoms with van der Waals surface area (Å²) in [6.45, 7) is 3.50. The molecule has 1 amide bonds. The van der Waals surface area contributed by atoms with Gasteiger partial charge in [0, 0.05) is 6.57 Å². The molecule has 0 aliphatic rings. The zero-order chi connectivity index (χ0) is 5.58. The van der Waals surface area contributed by atoms with Crippen molar-refractivity contribution >= 4 is 6.09 Å². The molecule has 0 heterocycles. The first-order valence-electron chi connectivity index (χ1n) is 0.975. The Bertz CT molecular complexity index is 53.8. The fraction of sp³-hybridized carbons (Fsp3) is 0. The van der Waals surface area contributed by atoms with E-state index in [0.717, 1.165) is 0 Å². The maximum Gasteiger partial charge on any atom is 0.402 e. The molecule has 4 heteroatoms. The van der Waals surface area contributed by atoms with Crippen LogP contribution in [-0.4, -0.2) is 11.2 Å². The summed E-state index contributed by atoms with van der Waals surface area (Å²) in [7, 11) is 0. The van der Waals surface area contributed by atoms with Gasteiger partial charge in [-0.05, 0) is 0 Å². The van der Waals surface area contributed by atoms with E-state index in [1.54, 1.807) is 0 Å². The number of carbonyl (C=O) groups is 1. The number of rotatable bonds is 0. The standard InChI is InChI=1S/CH3NO2.CHN/c2-1(3)4;1-2/h2H2,(H,3,4);1H. The monoisotopic (exact) mass is 88.0 g/mol. The number of nitrogens with zero attached hydrogens (tertiary/aromatic N) is 1. The van der Waals surface area contributed by atoms with Gasteiger partial charge in [0.1, 0.15) is 0 Å². The Balaban J connectivity index is 0. The highest BCUT2D eigenvalue weighted by molar-refractivity contribution is 5.61. The molecule has 0 aromatic heterocycles. The minimum atomic E-state index is -1.33. The molecule has 0 atom stereocenters. The molecule has 0 aromatic carbocycles. The van der Waals surface area contributed by atoms with Crippen molar-refractivity contribution in [3.05, 3.63) is 0 Å². The van der Waals surface area contributed by atoms with Crippen molar-refractivity contribution in [2.45, 2.75) is 0 Å². The Kier molecular flexibility index (Phi) is 13.6. The average Bonchev–Trinajstić information content (AvgIpc) is 1.41. The molecule has 6 heavy (non-hydrogen) atoms. The molecule has 0 radical (unpaired) electrons. The van der Waals surface area contributed by atoms with E-state index in [-0.39, 0.29) is 0 Å². The van der Waals surface area contributed by atoms with Crippen LogP contribution >= 0.6 is 0 Å². The summed E-state index contributed by atoms with van der Waals surface area (Å²) >= 11 is 0. The number of amides is 1. The van der Waals surface area contributed by atoms with Crippen LogP contribution in [0.4, 0.5) is 4.79 Å². The van der Waals surface area contributed by atoms with E-state index in [9.17, 15) is 0 Å². The molecule has 0 aromatic rings. The van der Waals surface area contributed by atoms with Crippen LogP contribution in [-0.2, 0) is 0 Å². The summed E-state index contributed by atoms with van der Waals surface area (Å²) in [5, 5.41) is 13.7. The second kappa shape index (κ2) is 9.25. The van der Waals surface area contributed by atoms with Crippen LogP contribution in [0.25, 0.3) is 0 Å². The van der Waals surface area contributed by atoms with Crippen LogP contribution in [0, 0.1) is 11.8 Å². The summed E-state index contributed by atoms with van der Waals surface area (Å²) in [6.07, 6.45) is -1.33. The van der Waals surface area contributed by atoms with Crippen molar-refractivity contribution in [3.8, 4) is 6.57 Å². The molecule has 4 nitrogen and oxygen atoms in total. The maximum atomic E-state index is 8.78. The van der Waals surface area contributed by atoms with Crippen molar-refractivity contribution in [1.82, 2.24) is 0 Å². The maximum absolute atomic E-state index is 8.78. The number of hydrogen-bond acceptors (Lipinski definition) is 2. The zero-order valence-corrected chi connectivity index (χ0v) is 2.96. The minimum Gasteiger partial charge on any atom is -0.465 e. The normalized spacial score (nSPS) is 4.33. The van der Waals surface area contributed by atoms with Crippen LogP contribution in [0.2, 0.25) is 0 Å². The predicted molar refractivity (Wildman–Crippen MR) is 18.9 cm³/mol. The molecule has 0 spiro atoms. The lowest BCUT2D eigenvalue weighted by Gasteiger charge is -1.61. The highest BCUT2D eigenvalue weighted by atomic mass is 16.4. The molecule has 0 aliphatic heterocycles. The van der Waals surface area contributed by atoms with Crippen molar-refractivity contribution in [3.63, 3.8) is 0 Å². The van der Waals surface area contributed by atoms with Gasteiger partial charge in [-0.25, -0.2) is 10.1 Å². The molecular weight excluding hydrogens is 84.0 g/mol. The lowest BCUT2D eigenvalue weighted by molar-refractivity contribution is 0.205. The van der Waals surface area contributed by atoms with Crippen molar-refractivity contribution in [2.24, 2.45) is 5.73 Å². The minimum absolute atomic E-state index is 1.33. The molecule has 3 N–H and O–H groups in total. The number of primary amides is 1. The SMILES string of the molecule is C#N.NC(=O)O. The molecule has 0 saturated heterocycles. The van der Waals surface area contributed by atoms with Gasteiger partial charge in [-0.3, -0.25) is 0 Å². The molecule has 0 saturated carbocycles. The molecule has 0 unspecified atom stereocenters. The van der Waals surface area contributed by atoms with Crippen LogP contribution in [0.3, 0.4) is 0 Å². The van der Waals surface area contributed by atoms with Gasteiger partial charge in [0.2, 0.25) is 0 Å². The van der Waals surface area contributed by atoms with E-state index in [4.69, 9.17) is 15.2 Å². The van der Waals surface area contributed by atoms with Gasteiger partial charge in [-0.2, -0.15) is 0 Å². The van der Waals surface area contributed by atoms with Gasteiger partial charge >= 0.3 is 6.09 Å². The molecule has 0 bridgehead atoms. The van der Waals surface area contributed by atoms with Crippen LogP contribution < -0.4 is 5.73 Å². The average molecular weight is 88.1 g/mol. The van der Waals surface area contributed by atoms with E-state index < -0.39 is 6.09 Å². The Morgan fingerprint density at radius 1 is 1.83 bits per heavy atom. The van der Waals surface area contributed by atoms with E-state index in [2.05, 4.69) is 12.3 Å².